The average molecular weight is 339 g/mol. The first-order valence-electron chi connectivity index (χ1n) is 7.97. The number of amides is 1. The minimum absolute atomic E-state index is 0.0660. The Bertz CT molecular complexity index is 640. The zero-order valence-electron chi connectivity index (χ0n) is 13.7. The summed E-state index contributed by atoms with van der Waals surface area (Å²) in [4.78, 5) is 11.8. The number of carbonyl (C=O) groups is 1. The monoisotopic (exact) mass is 339 g/mol. The van der Waals surface area contributed by atoms with Gasteiger partial charge in [0.05, 0.1) is 11.4 Å². The third-order valence-electron chi connectivity index (χ3n) is 4.22. The number of hydrogen-bond donors (Lipinski definition) is 2. The van der Waals surface area contributed by atoms with Gasteiger partial charge in [-0.1, -0.05) is 25.3 Å². The Morgan fingerprint density at radius 1 is 1.26 bits per heavy atom. The van der Waals surface area contributed by atoms with E-state index < -0.39 is 10.0 Å². The van der Waals surface area contributed by atoms with Crippen molar-refractivity contribution in [1.29, 1.82) is 0 Å². The molecule has 1 fully saturated rings. The molecule has 7 heteroatoms. The van der Waals surface area contributed by atoms with Crippen molar-refractivity contribution in [3.8, 4) is 0 Å². The summed E-state index contributed by atoms with van der Waals surface area (Å²) in [5.41, 5.74) is 0.489. The second-order valence-electron chi connectivity index (χ2n) is 5.92. The van der Waals surface area contributed by atoms with Crippen LogP contribution in [0.1, 0.15) is 32.1 Å². The Labute approximate surface area is 138 Å². The number of sulfonamides is 1. The van der Waals surface area contributed by atoms with E-state index in [0.29, 0.717) is 5.69 Å². The van der Waals surface area contributed by atoms with Gasteiger partial charge in [0.2, 0.25) is 15.9 Å². The lowest BCUT2D eigenvalue weighted by Crippen LogP contribution is -2.38. The summed E-state index contributed by atoms with van der Waals surface area (Å²) in [5.74, 6) is -0.206. The molecular formula is C16H25N3O3S. The molecule has 0 aliphatic heterocycles. The summed E-state index contributed by atoms with van der Waals surface area (Å²) in [6.07, 6.45) is 5.15. The molecule has 23 heavy (non-hydrogen) atoms. The zero-order chi connectivity index (χ0) is 16.9. The highest BCUT2D eigenvalue weighted by Crippen LogP contribution is 2.27. The van der Waals surface area contributed by atoms with E-state index in [0.717, 1.165) is 25.7 Å². The maximum atomic E-state index is 12.8. The summed E-state index contributed by atoms with van der Waals surface area (Å²) < 4.78 is 27.1. The van der Waals surface area contributed by atoms with E-state index in [-0.39, 0.29) is 23.4 Å². The fourth-order valence-electron chi connectivity index (χ4n) is 2.91. The van der Waals surface area contributed by atoms with E-state index >= 15 is 0 Å². The van der Waals surface area contributed by atoms with Crippen molar-refractivity contribution in [2.45, 2.75) is 43.0 Å². The number of benzene rings is 1. The zero-order valence-corrected chi connectivity index (χ0v) is 14.5. The maximum Gasteiger partial charge on any atom is 0.243 e. The molecular weight excluding hydrogens is 314 g/mol. The highest BCUT2D eigenvalue weighted by Gasteiger charge is 2.29. The van der Waals surface area contributed by atoms with Gasteiger partial charge < -0.3 is 10.6 Å². The van der Waals surface area contributed by atoms with Crippen LogP contribution in [-0.2, 0) is 14.8 Å². The van der Waals surface area contributed by atoms with Gasteiger partial charge in [-0.15, -0.1) is 0 Å². The van der Waals surface area contributed by atoms with E-state index in [2.05, 4.69) is 10.6 Å². The molecule has 2 N–H and O–H groups in total. The van der Waals surface area contributed by atoms with Crippen LogP contribution in [0, 0.1) is 0 Å². The molecule has 0 heterocycles. The van der Waals surface area contributed by atoms with E-state index in [1.54, 1.807) is 32.3 Å². The SMILES string of the molecule is CNCC(=O)Nc1cccc(S(=O)(=O)N(C)C2CCCCC2)c1. The maximum absolute atomic E-state index is 12.8. The lowest BCUT2D eigenvalue weighted by Gasteiger charge is -2.30. The van der Waals surface area contributed by atoms with Gasteiger partial charge in [-0.25, -0.2) is 8.42 Å². The molecule has 1 aliphatic rings. The van der Waals surface area contributed by atoms with Crippen LogP contribution in [0.4, 0.5) is 5.69 Å². The van der Waals surface area contributed by atoms with Crippen molar-refractivity contribution >= 4 is 21.6 Å². The number of carbonyl (C=O) groups excluding carboxylic acids is 1. The Kier molecular flexibility index (Phi) is 6.15. The van der Waals surface area contributed by atoms with Gasteiger partial charge in [0.1, 0.15) is 0 Å². The second kappa shape index (κ2) is 7.90. The lowest BCUT2D eigenvalue weighted by molar-refractivity contribution is -0.115. The topological polar surface area (TPSA) is 78.5 Å². The Balaban J connectivity index is 2.17. The first kappa shape index (κ1) is 17.9. The number of rotatable bonds is 6. The predicted octanol–water partition coefficient (Wildman–Crippen LogP) is 1.80. The van der Waals surface area contributed by atoms with Crippen molar-refractivity contribution < 1.29 is 13.2 Å². The Morgan fingerprint density at radius 3 is 2.61 bits per heavy atom. The number of anilines is 1. The minimum atomic E-state index is -3.54. The predicted molar refractivity (Wildman–Crippen MR) is 90.8 cm³/mol. The molecule has 0 bridgehead atoms. The molecule has 1 saturated carbocycles. The molecule has 0 atom stereocenters. The summed E-state index contributed by atoms with van der Waals surface area (Å²) in [6, 6.07) is 6.49. The first-order chi connectivity index (χ1) is 10.9. The summed E-state index contributed by atoms with van der Waals surface area (Å²) in [6.45, 7) is 0.180. The average Bonchev–Trinajstić information content (AvgIpc) is 2.55. The fourth-order valence-corrected chi connectivity index (χ4v) is 4.37. The first-order valence-corrected chi connectivity index (χ1v) is 9.41. The largest absolute Gasteiger partial charge is 0.325 e. The Hall–Kier alpha value is -1.44. The molecule has 0 saturated heterocycles. The van der Waals surface area contributed by atoms with Crippen LogP contribution >= 0.6 is 0 Å². The molecule has 1 aromatic carbocycles. The van der Waals surface area contributed by atoms with Crippen molar-refractivity contribution in [3.05, 3.63) is 24.3 Å². The van der Waals surface area contributed by atoms with E-state index in [9.17, 15) is 13.2 Å². The van der Waals surface area contributed by atoms with Crippen LogP contribution in [0.3, 0.4) is 0 Å². The van der Waals surface area contributed by atoms with Crippen molar-refractivity contribution in [1.82, 2.24) is 9.62 Å². The van der Waals surface area contributed by atoms with Gasteiger partial charge in [0.25, 0.3) is 0 Å². The minimum Gasteiger partial charge on any atom is -0.325 e. The van der Waals surface area contributed by atoms with E-state index in [1.165, 1.54) is 16.8 Å². The number of nitrogens with zero attached hydrogens (tertiary/aromatic N) is 1. The molecule has 0 aromatic heterocycles. The van der Waals surface area contributed by atoms with Crippen LogP contribution in [0.5, 0.6) is 0 Å². The van der Waals surface area contributed by atoms with Gasteiger partial charge in [0, 0.05) is 18.8 Å². The van der Waals surface area contributed by atoms with Gasteiger partial charge in [-0.2, -0.15) is 4.31 Å². The summed E-state index contributed by atoms with van der Waals surface area (Å²) >= 11 is 0. The number of likely N-dealkylation sites (N-methyl/N-ethyl adjacent to an activating group) is 1. The van der Waals surface area contributed by atoms with E-state index in [1.807, 2.05) is 0 Å². The Morgan fingerprint density at radius 2 is 1.96 bits per heavy atom. The molecule has 2 rings (SSSR count). The quantitative estimate of drug-likeness (QED) is 0.828. The number of hydrogen-bond acceptors (Lipinski definition) is 4. The highest BCUT2D eigenvalue weighted by molar-refractivity contribution is 7.89. The smallest absolute Gasteiger partial charge is 0.243 e. The van der Waals surface area contributed by atoms with Crippen LogP contribution in [-0.4, -0.2) is 45.3 Å². The molecule has 1 aliphatic carbocycles. The highest BCUT2D eigenvalue weighted by atomic mass is 32.2. The molecule has 1 aromatic rings. The molecule has 0 unspecified atom stereocenters. The van der Waals surface area contributed by atoms with Crippen LogP contribution in [0.25, 0.3) is 0 Å². The summed E-state index contributed by atoms with van der Waals surface area (Å²) in [5, 5.41) is 5.44. The van der Waals surface area contributed by atoms with Crippen LogP contribution in [0.15, 0.2) is 29.2 Å². The van der Waals surface area contributed by atoms with Crippen LogP contribution in [0.2, 0.25) is 0 Å². The van der Waals surface area contributed by atoms with E-state index in [4.69, 9.17) is 0 Å². The van der Waals surface area contributed by atoms with Gasteiger partial charge in [0.15, 0.2) is 0 Å². The van der Waals surface area contributed by atoms with Gasteiger partial charge in [-0.3, -0.25) is 4.79 Å². The molecule has 1 amide bonds. The molecule has 0 spiro atoms. The van der Waals surface area contributed by atoms with Crippen molar-refractivity contribution in [3.63, 3.8) is 0 Å². The standard InChI is InChI=1S/C16H25N3O3S/c1-17-12-16(20)18-13-7-6-10-15(11-13)23(21,22)19(2)14-8-4-3-5-9-14/h6-7,10-11,14,17H,3-5,8-9,12H2,1-2H3,(H,18,20). The third kappa shape index (κ3) is 4.53. The molecule has 0 radical (unpaired) electrons. The second-order valence-corrected chi connectivity index (χ2v) is 7.92. The van der Waals surface area contributed by atoms with Crippen molar-refractivity contribution in [2.24, 2.45) is 0 Å². The molecule has 128 valence electrons. The van der Waals surface area contributed by atoms with Crippen LogP contribution < -0.4 is 10.6 Å². The summed E-state index contributed by atoms with van der Waals surface area (Å²) in [7, 11) is -0.212. The fraction of sp³-hybridized carbons (Fsp3) is 0.562. The normalized spacial score (nSPS) is 16.5. The third-order valence-corrected chi connectivity index (χ3v) is 6.13. The number of nitrogens with one attached hydrogen (secondary N) is 2. The molecule has 6 nitrogen and oxygen atoms in total. The lowest BCUT2D eigenvalue weighted by atomic mass is 9.96. The van der Waals surface area contributed by atoms with Gasteiger partial charge in [-0.05, 0) is 38.1 Å². The van der Waals surface area contributed by atoms with Crippen molar-refractivity contribution in [2.75, 3.05) is 26.0 Å². The van der Waals surface area contributed by atoms with Gasteiger partial charge >= 0.3 is 0 Å².